The van der Waals surface area contributed by atoms with Gasteiger partial charge in [0.25, 0.3) is 0 Å². The Hall–Kier alpha value is 0.640. The normalized spacial score (nSPS) is 12.8. The van der Waals surface area contributed by atoms with E-state index in [0.29, 0.717) is 0 Å². The van der Waals surface area contributed by atoms with E-state index in [4.69, 9.17) is 4.74 Å². The summed E-state index contributed by atoms with van der Waals surface area (Å²) in [6.07, 6.45) is 0. The number of alkyl halides is 1. The quantitative estimate of drug-likeness (QED) is 0.539. The van der Waals surface area contributed by atoms with Gasteiger partial charge in [-0.15, -0.1) is 22.7 Å². The molecule has 2 aromatic rings. The first kappa shape index (κ1) is 13.1. The van der Waals surface area contributed by atoms with E-state index in [-0.39, 0.29) is 4.83 Å². The van der Waals surface area contributed by atoms with E-state index in [2.05, 4.69) is 53.9 Å². The average molecular weight is 447 g/mol. The molecule has 86 valence electrons. The summed E-state index contributed by atoms with van der Waals surface area (Å²) in [4.78, 5) is 1.35. The van der Waals surface area contributed by atoms with Gasteiger partial charge in [0.05, 0.1) is 24.4 Å². The van der Waals surface area contributed by atoms with Crippen molar-refractivity contribution in [3.8, 4) is 5.75 Å². The van der Waals surface area contributed by atoms with Gasteiger partial charge in [-0.2, -0.15) is 0 Å². The van der Waals surface area contributed by atoms with Crippen molar-refractivity contribution >= 4 is 70.5 Å². The molecule has 1 unspecified atom stereocenters. The Morgan fingerprint density at radius 3 is 2.69 bits per heavy atom. The minimum Gasteiger partial charge on any atom is -0.496 e. The molecule has 0 radical (unpaired) electrons. The fraction of sp³-hybridized carbons (Fsp3) is 0.200. The Morgan fingerprint density at radius 2 is 2.12 bits per heavy atom. The van der Waals surface area contributed by atoms with Gasteiger partial charge in [0.15, 0.2) is 0 Å². The van der Waals surface area contributed by atoms with Gasteiger partial charge in [-0.25, -0.2) is 0 Å². The molecular formula is C10H7Br3OS2. The first-order chi connectivity index (χ1) is 7.63. The Balaban J connectivity index is 2.38. The number of halogens is 3. The van der Waals surface area contributed by atoms with Gasteiger partial charge < -0.3 is 4.74 Å². The maximum Gasteiger partial charge on any atom is 0.134 e. The topological polar surface area (TPSA) is 9.23 Å². The van der Waals surface area contributed by atoms with Crippen LogP contribution in [0.15, 0.2) is 25.1 Å². The Kier molecular flexibility index (Phi) is 4.51. The molecule has 0 saturated carbocycles. The number of ether oxygens (including phenoxy) is 1. The van der Waals surface area contributed by atoms with E-state index in [1.807, 2.05) is 11.4 Å². The second kappa shape index (κ2) is 5.52. The van der Waals surface area contributed by atoms with E-state index in [0.717, 1.165) is 13.3 Å². The van der Waals surface area contributed by atoms with Crippen LogP contribution in [0, 0.1) is 0 Å². The molecule has 2 aromatic heterocycles. The van der Waals surface area contributed by atoms with Gasteiger partial charge in [-0.3, -0.25) is 0 Å². The highest BCUT2D eigenvalue weighted by molar-refractivity contribution is 9.12. The first-order valence-corrected chi connectivity index (χ1v) is 8.53. The Labute approximate surface area is 127 Å². The highest BCUT2D eigenvalue weighted by Gasteiger charge is 2.20. The van der Waals surface area contributed by atoms with Crippen LogP contribution in [0.3, 0.4) is 0 Å². The van der Waals surface area contributed by atoms with Crippen LogP contribution in [-0.2, 0) is 0 Å². The zero-order valence-corrected chi connectivity index (χ0v) is 14.6. The lowest BCUT2D eigenvalue weighted by Crippen LogP contribution is -1.91. The zero-order valence-electron chi connectivity index (χ0n) is 8.17. The highest BCUT2D eigenvalue weighted by atomic mass is 79.9. The van der Waals surface area contributed by atoms with E-state index in [1.165, 1.54) is 10.4 Å². The van der Waals surface area contributed by atoms with Gasteiger partial charge in [0.1, 0.15) is 5.75 Å². The lowest BCUT2D eigenvalue weighted by atomic mass is 10.2. The molecule has 0 aromatic carbocycles. The van der Waals surface area contributed by atoms with Crippen LogP contribution in [0.25, 0.3) is 0 Å². The third-order valence-electron chi connectivity index (χ3n) is 2.06. The molecule has 1 nitrogen and oxygen atoms in total. The van der Waals surface area contributed by atoms with Crippen molar-refractivity contribution in [1.29, 1.82) is 0 Å². The maximum atomic E-state index is 5.33. The van der Waals surface area contributed by atoms with Gasteiger partial charge >= 0.3 is 0 Å². The molecule has 0 saturated heterocycles. The lowest BCUT2D eigenvalue weighted by molar-refractivity contribution is 0.413. The molecule has 0 aliphatic heterocycles. The molecule has 0 spiro atoms. The fourth-order valence-electron chi connectivity index (χ4n) is 1.33. The third-order valence-corrected chi connectivity index (χ3v) is 6.67. The third kappa shape index (κ3) is 2.56. The zero-order chi connectivity index (χ0) is 11.7. The molecule has 0 bridgehead atoms. The van der Waals surface area contributed by atoms with Crippen LogP contribution < -0.4 is 4.74 Å². The molecule has 2 heterocycles. The summed E-state index contributed by atoms with van der Waals surface area (Å²) in [6, 6.07) is 4.11. The van der Waals surface area contributed by atoms with Gasteiger partial charge in [0.2, 0.25) is 0 Å². The lowest BCUT2D eigenvalue weighted by Gasteiger charge is -2.09. The molecule has 0 fully saturated rings. The predicted octanol–water partition coefficient (Wildman–Crippen LogP) is 5.83. The van der Waals surface area contributed by atoms with Crippen molar-refractivity contribution in [2.75, 3.05) is 7.11 Å². The summed E-state index contributed by atoms with van der Waals surface area (Å²) in [5.74, 6) is 0.932. The van der Waals surface area contributed by atoms with Gasteiger partial charge in [0, 0.05) is 0 Å². The van der Waals surface area contributed by atoms with E-state index in [1.54, 1.807) is 29.8 Å². The Morgan fingerprint density at radius 1 is 1.38 bits per heavy atom. The predicted molar refractivity (Wildman–Crippen MR) is 81.4 cm³/mol. The van der Waals surface area contributed by atoms with Crippen LogP contribution in [0.1, 0.15) is 15.3 Å². The van der Waals surface area contributed by atoms with Gasteiger partial charge in [-0.05, 0) is 54.9 Å². The molecule has 0 N–H and O–H groups in total. The summed E-state index contributed by atoms with van der Waals surface area (Å²) in [5, 5.41) is 2.04. The summed E-state index contributed by atoms with van der Waals surface area (Å²) in [5.41, 5.74) is 1.22. The molecule has 1 atom stereocenters. The number of hydrogen-bond donors (Lipinski definition) is 0. The van der Waals surface area contributed by atoms with Crippen molar-refractivity contribution in [3.05, 3.63) is 35.5 Å². The van der Waals surface area contributed by atoms with Crippen molar-refractivity contribution in [3.63, 3.8) is 0 Å². The van der Waals surface area contributed by atoms with E-state index in [9.17, 15) is 0 Å². The SMILES string of the molecule is COc1ccsc1C(Br)c1cc(Br)sc1Br. The largest absolute Gasteiger partial charge is 0.496 e. The number of hydrogen-bond acceptors (Lipinski definition) is 3. The minimum atomic E-state index is 0.166. The minimum absolute atomic E-state index is 0.166. The number of thiophene rings is 2. The molecule has 2 rings (SSSR count). The molecular weight excluding hydrogens is 440 g/mol. The molecule has 0 aliphatic rings. The summed E-state index contributed by atoms with van der Waals surface area (Å²) in [7, 11) is 1.70. The molecule has 6 heteroatoms. The Bertz CT molecular complexity index is 492. The summed E-state index contributed by atoms with van der Waals surface area (Å²) >= 11 is 14.1. The van der Waals surface area contributed by atoms with Crippen LogP contribution in [0.2, 0.25) is 0 Å². The summed E-state index contributed by atoms with van der Waals surface area (Å²) in [6.45, 7) is 0. The standard InChI is InChI=1S/C10H7Br3OS2/c1-14-6-2-3-15-9(6)8(12)5-4-7(11)16-10(5)13/h2-4,8H,1H3. The number of methoxy groups -OCH3 is 1. The number of rotatable bonds is 3. The van der Waals surface area contributed by atoms with Crippen molar-refractivity contribution in [1.82, 2.24) is 0 Å². The molecule has 16 heavy (non-hydrogen) atoms. The van der Waals surface area contributed by atoms with E-state index >= 15 is 0 Å². The second-order valence-corrected chi connectivity index (χ2v) is 8.61. The highest BCUT2D eigenvalue weighted by Crippen LogP contribution is 2.46. The van der Waals surface area contributed by atoms with Crippen LogP contribution >= 0.6 is 70.5 Å². The average Bonchev–Trinajstić information content (AvgIpc) is 2.83. The van der Waals surface area contributed by atoms with Gasteiger partial charge in [-0.1, -0.05) is 15.9 Å². The molecule has 0 amide bonds. The molecule has 0 aliphatic carbocycles. The van der Waals surface area contributed by atoms with Crippen molar-refractivity contribution in [2.45, 2.75) is 4.83 Å². The van der Waals surface area contributed by atoms with Crippen LogP contribution in [-0.4, -0.2) is 7.11 Å². The summed E-state index contributed by atoms with van der Waals surface area (Å²) < 4.78 is 7.59. The van der Waals surface area contributed by atoms with Crippen molar-refractivity contribution < 1.29 is 4.74 Å². The monoisotopic (exact) mass is 444 g/mol. The van der Waals surface area contributed by atoms with Crippen LogP contribution in [0.4, 0.5) is 0 Å². The fourth-order valence-corrected chi connectivity index (χ4v) is 6.45. The smallest absolute Gasteiger partial charge is 0.134 e. The first-order valence-electron chi connectivity index (χ1n) is 4.33. The second-order valence-electron chi connectivity index (χ2n) is 3.00. The maximum absolute atomic E-state index is 5.33. The van der Waals surface area contributed by atoms with E-state index < -0.39 is 0 Å². The van der Waals surface area contributed by atoms with Crippen LogP contribution in [0.5, 0.6) is 5.75 Å². The van der Waals surface area contributed by atoms with Crippen molar-refractivity contribution in [2.24, 2.45) is 0 Å².